The van der Waals surface area contributed by atoms with E-state index in [1.807, 2.05) is 0 Å². The first-order valence-corrected chi connectivity index (χ1v) is 7.75. The minimum atomic E-state index is -0.569. The Labute approximate surface area is 140 Å². The predicted molar refractivity (Wildman–Crippen MR) is 92.4 cm³/mol. The molecule has 0 aliphatic heterocycles. The summed E-state index contributed by atoms with van der Waals surface area (Å²) in [7, 11) is 0. The maximum atomic E-state index is 12.2. The van der Waals surface area contributed by atoms with Crippen molar-refractivity contribution in [1.29, 1.82) is 0 Å². The number of carbonyl (C=O) groups excluding carboxylic acids is 1. The average Bonchev–Trinajstić information content (AvgIpc) is 2.56. The average molecular weight is 328 g/mol. The summed E-state index contributed by atoms with van der Waals surface area (Å²) in [5.74, 6) is 0.778. The van der Waals surface area contributed by atoms with Crippen molar-refractivity contribution in [2.24, 2.45) is 5.92 Å². The number of nitrogens with zero attached hydrogens (tertiary/aromatic N) is 1. The highest BCUT2D eigenvalue weighted by Crippen LogP contribution is 2.21. The van der Waals surface area contributed by atoms with Crippen molar-refractivity contribution in [3.63, 3.8) is 0 Å². The fourth-order valence-corrected chi connectivity index (χ4v) is 2.07. The first kappa shape index (κ1) is 17.5. The zero-order valence-corrected chi connectivity index (χ0v) is 13.7. The van der Waals surface area contributed by atoms with Gasteiger partial charge in [-0.05, 0) is 42.7 Å². The number of para-hydroxylation sites is 1. The highest BCUT2D eigenvalue weighted by atomic mass is 16.6. The SMILES string of the molecule is CC(C)CCOc1ccc(NC(=O)c2ccccc2[N+](=O)[O-])cc1. The van der Waals surface area contributed by atoms with Crippen LogP contribution in [0.5, 0.6) is 5.75 Å². The van der Waals surface area contributed by atoms with Gasteiger partial charge in [0.1, 0.15) is 11.3 Å². The molecule has 0 saturated heterocycles. The van der Waals surface area contributed by atoms with E-state index in [-0.39, 0.29) is 11.3 Å². The Kier molecular flexibility index (Phi) is 5.89. The number of rotatable bonds is 7. The zero-order chi connectivity index (χ0) is 17.5. The van der Waals surface area contributed by atoms with Crippen molar-refractivity contribution in [2.45, 2.75) is 20.3 Å². The van der Waals surface area contributed by atoms with Gasteiger partial charge < -0.3 is 10.1 Å². The third-order valence-electron chi connectivity index (χ3n) is 3.42. The molecule has 0 atom stereocenters. The van der Waals surface area contributed by atoms with E-state index in [0.29, 0.717) is 18.2 Å². The second-order valence-corrected chi connectivity index (χ2v) is 5.78. The Morgan fingerprint density at radius 2 is 1.83 bits per heavy atom. The van der Waals surface area contributed by atoms with Gasteiger partial charge in [-0.1, -0.05) is 26.0 Å². The van der Waals surface area contributed by atoms with Crippen LogP contribution >= 0.6 is 0 Å². The van der Waals surface area contributed by atoms with E-state index in [1.54, 1.807) is 30.3 Å². The molecule has 24 heavy (non-hydrogen) atoms. The molecule has 0 fully saturated rings. The highest BCUT2D eigenvalue weighted by Gasteiger charge is 2.19. The molecule has 0 saturated carbocycles. The van der Waals surface area contributed by atoms with E-state index in [0.717, 1.165) is 12.2 Å². The summed E-state index contributed by atoms with van der Waals surface area (Å²) in [5.41, 5.74) is 0.359. The molecule has 2 aromatic carbocycles. The highest BCUT2D eigenvalue weighted by molar-refractivity contribution is 6.07. The number of hydrogen-bond acceptors (Lipinski definition) is 4. The molecule has 1 N–H and O–H groups in total. The van der Waals surface area contributed by atoms with Gasteiger partial charge in [0, 0.05) is 11.8 Å². The molecule has 2 aromatic rings. The minimum Gasteiger partial charge on any atom is -0.494 e. The number of ether oxygens (including phenoxy) is 1. The first-order chi connectivity index (χ1) is 11.5. The molecule has 1 amide bonds. The minimum absolute atomic E-state index is 0.0276. The van der Waals surface area contributed by atoms with Crippen molar-refractivity contribution in [1.82, 2.24) is 0 Å². The molecule has 0 aromatic heterocycles. The molecular formula is C18H20N2O4. The van der Waals surface area contributed by atoms with Crippen LogP contribution in [0.2, 0.25) is 0 Å². The summed E-state index contributed by atoms with van der Waals surface area (Å²) >= 11 is 0. The Hall–Kier alpha value is -2.89. The fraction of sp³-hybridized carbons (Fsp3) is 0.278. The molecule has 0 spiro atoms. The maximum Gasteiger partial charge on any atom is 0.282 e. The Morgan fingerprint density at radius 3 is 2.46 bits per heavy atom. The van der Waals surface area contributed by atoms with Crippen molar-refractivity contribution >= 4 is 17.3 Å². The van der Waals surface area contributed by atoms with Crippen LogP contribution in [0.4, 0.5) is 11.4 Å². The molecular weight excluding hydrogens is 308 g/mol. The summed E-state index contributed by atoms with van der Waals surface area (Å²) < 4.78 is 5.61. The van der Waals surface area contributed by atoms with E-state index in [9.17, 15) is 14.9 Å². The lowest BCUT2D eigenvalue weighted by atomic mass is 10.1. The third-order valence-corrected chi connectivity index (χ3v) is 3.42. The lowest BCUT2D eigenvalue weighted by molar-refractivity contribution is -0.385. The number of nitro groups is 1. The normalized spacial score (nSPS) is 10.5. The zero-order valence-electron chi connectivity index (χ0n) is 13.7. The molecule has 0 unspecified atom stereocenters. The topological polar surface area (TPSA) is 81.5 Å². The number of nitro benzene ring substituents is 1. The molecule has 0 aliphatic rings. The smallest absolute Gasteiger partial charge is 0.282 e. The van der Waals surface area contributed by atoms with Gasteiger partial charge in [-0.15, -0.1) is 0 Å². The molecule has 6 nitrogen and oxygen atoms in total. The van der Waals surface area contributed by atoms with Crippen LogP contribution < -0.4 is 10.1 Å². The van der Waals surface area contributed by atoms with Gasteiger partial charge in [-0.25, -0.2) is 0 Å². The van der Waals surface area contributed by atoms with Crippen LogP contribution in [0.15, 0.2) is 48.5 Å². The molecule has 6 heteroatoms. The van der Waals surface area contributed by atoms with Crippen LogP contribution in [-0.4, -0.2) is 17.4 Å². The lowest BCUT2D eigenvalue weighted by Gasteiger charge is -2.09. The number of hydrogen-bond donors (Lipinski definition) is 1. The maximum absolute atomic E-state index is 12.2. The Morgan fingerprint density at radius 1 is 1.17 bits per heavy atom. The number of nitrogens with one attached hydrogen (secondary N) is 1. The van der Waals surface area contributed by atoms with Crippen molar-refractivity contribution < 1.29 is 14.5 Å². The van der Waals surface area contributed by atoms with Crippen molar-refractivity contribution in [3.8, 4) is 5.75 Å². The van der Waals surface area contributed by atoms with Gasteiger partial charge in [-0.3, -0.25) is 14.9 Å². The van der Waals surface area contributed by atoms with Gasteiger partial charge in [-0.2, -0.15) is 0 Å². The number of amides is 1. The second kappa shape index (κ2) is 8.10. The summed E-state index contributed by atoms with van der Waals surface area (Å²) in [4.78, 5) is 22.6. The van der Waals surface area contributed by atoms with Crippen LogP contribution in [-0.2, 0) is 0 Å². The van der Waals surface area contributed by atoms with Gasteiger partial charge in [0.25, 0.3) is 11.6 Å². The van der Waals surface area contributed by atoms with E-state index >= 15 is 0 Å². The lowest BCUT2D eigenvalue weighted by Crippen LogP contribution is -2.13. The van der Waals surface area contributed by atoms with Gasteiger partial charge in [0.15, 0.2) is 0 Å². The van der Waals surface area contributed by atoms with Crippen molar-refractivity contribution in [2.75, 3.05) is 11.9 Å². The standard InChI is InChI=1S/C18H20N2O4/c1-13(2)11-12-24-15-9-7-14(8-10-15)19-18(21)16-5-3-4-6-17(16)20(22)23/h3-10,13H,11-12H2,1-2H3,(H,19,21). The molecule has 0 heterocycles. The monoisotopic (exact) mass is 328 g/mol. The van der Waals surface area contributed by atoms with E-state index < -0.39 is 10.8 Å². The third kappa shape index (κ3) is 4.81. The second-order valence-electron chi connectivity index (χ2n) is 5.78. The van der Waals surface area contributed by atoms with Crippen LogP contribution in [0.1, 0.15) is 30.6 Å². The summed E-state index contributed by atoms with van der Waals surface area (Å²) in [6.07, 6.45) is 0.968. The fourth-order valence-electron chi connectivity index (χ4n) is 2.07. The summed E-state index contributed by atoms with van der Waals surface area (Å²) in [6, 6.07) is 12.8. The number of carbonyl (C=O) groups is 1. The first-order valence-electron chi connectivity index (χ1n) is 7.75. The summed E-state index contributed by atoms with van der Waals surface area (Å²) in [6.45, 7) is 4.90. The predicted octanol–water partition coefficient (Wildman–Crippen LogP) is 4.27. The van der Waals surface area contributed by atoms with Gasteiger partial charge in [0.05, 0.1) is 11.5 Å². The number of benzene rings is 2. The van der Waals surface area contributed by atoms with Gasteiger partial charge in [0.2, 0.25) is 0 Å². The Bertz CT molecular complexity index is 711. The quantitative estimate of drug-likeness (QED) is 0.608. The van der Waals surface area contributed by atoms with Crippen molar-refractivity contribution in [3.05, 3.63) is 64.2 Å². The van der Waals surface area contributed by atoms with E-state index in [1.165, 1.54) is 18.2 Å². The molecule has 126 valence electrons. The van der Waals surface area contributed by atoms with E-state index in [4.69, 9.17) is 4.74 Å². The molecule has 0 bridgehead atoms. The molecule has 0 aliphatic carbocycles. The molecule has 0 radical (unpaired) electrons. The largest absolute Gasteiger partial charge is 0.494 e. The Balaban J connectivity index is 2.01. The van der Waals surface area contributed by atoms with Crippen LogP contribution in [0.25, 0.3) is 0 Å². The van der Waals surface area contributed by atoms with Gasteiger partial charge >= 0.3 is 0 Å². The summed E-state index contributed by atoms with van der Waals surface area (Å²) in [5, 5.41) is 13.6. The molecule has 2 rings (SSSR count). The van der Waals surface area contributed by atoms with E-state index in [2.05, 4.69) is 19.2 Å². The van der Waals surface area contributed by atoms with Crippen LogP contribution in [0, 0.1) is 16.0 Å². The number of anilines is 1. The van der Waals surface area contributed by atoms with Crippen LogP contribution in [0.3, 0.4) is 0 Å².